The van der Waals surface area contributed by atoms with Crippen LogP contribution in [0, 0.1) is 0 Å². The quantitative estimate of drug-likeness (QED) is 0.627. The number of rotatable bonds is 8. The Morgan fingerprint density at radius 2 is 2.25 bits per heavy atom. The first kappa shape index (κ1) is 19.3. The molecule has 2 aromatic rings. The second kappa shape index (κ2) is 8.97. The maximum absolute atomic E-state index is 12.4. The van der Waals surface area contributed by atoms with Gasteiger partial charge < -0.3 is 24.8 Å². The molecule has 0 unspecified atom stereocenters. The fraction of sp³-hybridized carbons (Fsp3) is 0.500. The molecule has 1 aromatic heterocycles. The molecular formula is C18H22N4O4S2. The third-order valence-electron chi connectivity index (χ3n) is 4.46. The summed E-state index contributed by atoms with van der Waals surface area (Å²) in [7, 11) is 0. The predicted octanol–water partition coefficient (Wildman–Crippen LogP) is 2.65. The van der Waals surface area contributed by atoms with Crippen molar-refractivity contribution in [2.75, 3.05) is 25.3 Å². The third-order valence-corrected chi connectivity index (χ3v) is 6.53. The van der Waals surface area contributed by atoms with Gasteiger partial charge in [0.2, 0.25) is 17.8 Å². The molecular weight excluding hydrogens is 400 g/mol. The van der Waals surface area contributed by atoms with Crippen LogP contribution in [0.3, 0.4) is 0 Å². The van der Waals surface area contributed by atoms with Crippen LogP contribution in [0.1, 0.15) is 25.3 Å². The van der Waals surface area contributed by atoms with Gasteiger partial charge in [-0.25, -0.2) is 0 Å². The number of nitrogens with one attached hydrogen (secondary N) is 2. The van der Waals surface area contributed by atoms with Crippen molar-refractivity contribution in [3.05, 3.63) is 23.8 Å². The number of aromatic nitrogens is 2. The average Bonchev–Trinajstić information content (AvgIpc) is 3.45. The summed E-state index contributed by atoms with van der Waals surface area (Å²) in [6.45, 7) is 4.11. The Hall–Kier alpha value is -2.04. The van der Waals surface area contributed by atoms with Gasteiger partial charge in [0.25, 0.3) is 0 Å². The normalized spacial score (nSPS) is 18.8. The molecule has 0 aliphatic carbocycles. The SMILES string of the molecule is C[C@@H](Sc1nnc(NC[C@H]2CCCO2)s1)C(=O)NCc1ccc2c(c1)OCO2. The molecule has 0 spiro atoms. The first-order chi connectivity index (χ1) is 13.7. The first-order valence-corrected chi connectivity index (χ1v) is 10.9. The van der Waals surface area contributed by atoms with Gasteiger partial charge in [-0.15, -0.1) is 10.2 Å². The molecule has 2 N–H and O–H groups in total. The Kier molecular flexibility index (Phi) is 6.18. The maximum atomic E-state index is 12.4. The molecule has 2 aliphatic rings. The van der Waals surface area contributed by atoms with Gasteiger partial charge in [-0.05, 0) is 37.5 Å². The van der Waals surface area contributed by atoms with Crippen LogP contribution in [0.15, 0.2) is 22.5 Å². The van der Waals surface area contributed by atoms with Crippen LogP contribution in [-0.4, -0.2) is 47.4 Å². The summed E-state index contributed by atoms with van der Waals surface area (Å²) in [6.07, 6.45) is 2.44. The first-order valence-electron chi connectivity index (χ1n) is 9.19. The lowest BCUT2D eigenvalue weighted by molar-refractivity contribution is -0.120. The number of benzene rings is 1. The summed E-state index contributed by atoms with van der Waals surface area (Å²) >= 11 is 2.86. The molecule has 28 heavy (non-hydrogen) atoms. The van der Waals surface area contributed by atoms with Crippen LogP contribution in [0.4, 0.5) is 5.13 Å². The van der Waals surface area contributed by atoms with Crippen LogP contribution in [0.5, 0.6) is 11.5 Å². The van der Waals surface area contributed by atoms with E-state index in [0.29, 0.717) is 12.3 Å². The van der Waals surface area contributed by atoms with Crippen molar-refractivity contribution < 1.29 is 19.0 Å². The second-order valence-corrected chi connectivity index (χ2v) is 9.12. The van der Waals surface area contributed by atoms with Gasteiger partial charge >= 0.3 is 0 Å². The topological polar surface area (TPSA) is 94.6 Å². The van der Waals surface area contributed by atoms with E-state index in [1.165, 1.54) is 23.1 Å². The number of anilines is 1. The molecule has 1 amide bonds. The molecule has 2 aliphatic heterocycles. The third kappa shape index (κ3) is 4.86. The van der Waals surface area contributed by atoms with Crippen molar-refractivity contribution in [2.24, 2.45) is 0 Å². The summed E-state index contributed by atoms with van der Waals surface area (Å²) in [5, 5.41) is 15.0. The minimum atomic E-state index is -0.270. The van der Waals surface area contributed by atoms with E-state index in [0.717, 1.165) is 46.8 Å². The summed E-state index contributed by atoms with van der Waals surface area (Å²) < 4.78 is 17.0. The number of carbonyl (C=O) groups excluding carboxylic acids is 1. The van der Waals surface area contributed by atoms with Crippen molar-refractivity contribution in [2.45, 2.75) is 42.0 Å². The lowest BCUT2D eigenvalue weighted by Gasteiger charge is -2.10. The molecule has 1 fully saturated rings. The zero-order valence-corrected chi connectivity index (χ0v) is 17.1. The van der Waals surface area contributed by atoms with E-state index in [2.05, 4.69) is 20.8 Å². The molecule has 150 valence electrons. The number of carbonyl (C=O) groups is 1. The fourth-order valence-electron chi connectivity index (χ4n) is 2.92. The lowest BCUT2D eigenvalue weighted by Crippen LogP contribution is -2.30. The number of amides is 1. The fourth-order valence-corrected chi connectivity index (χ4v) is 4.85. The van der Waals surface area contributed by atoms with E-state index >= 15 is 0 Å². The zero-order chi connectivity index (χ0) is 19.3. The molecule has 1 aromatic carbocycles. The monoisotopic (exact) mass is 422 g/mol. The van der Waals surface area contributed by atoms with E-state index in [1.807, 2.05) is 25.1 Å². The lowest BCUT2D eigenvalue weighted by atomic mass is 10.2. The highest BCUT2D eigenvalue weighted by atomic mass is 32.2. The number of thioether (sulfide) groups is 1. The summed E-state index contributed by atoms with van der Waals surface area (Å²) in [5.74, 6) is 1.40. The van der Waals surface area contributed by atoms with E-state index in [-0.39, 0.29) is 24.1 Å². The Morgan fingerprint density at radius 1 is 1.36 bits per heavy atom. The number of hydrogen-bond donors (Lipinski definition) is 2. The molecule has 3 heterocycles. The Bertz CT molecular complexity index is 826. The number of ether oxygens (including phenoxy) is 3. The zero-order valence-electron chi connectivity index (χ0n) is 15.5. The highest BCUT2D eigenvalue weighted by Crippen LogP contribution is 2.32. The van der Waals surface area contributed by atoms with Gasteiger partial charge in [0, 0.05) is 19.7 Å². The van der Waals surface area contributed by atoms with Gasteiger partial charge in [-0.3, -0.25) is 4.79 Å². The van der Waals surface area contributed by atoms with Gasteiger partial charge in [-0.2, -0.15) is 0 Å². The van der Waals surface area contributed by atoms with Crippen molar-refractivity contribution in [1.82, 2.24) is 15.5 Å². The van der Waals surface area contributed by atoms with Gasteiger partial charge in [0.1, 0.15) is 0 Å². The van der Waals surface area contributed by atoms with Crippen molar-refractivity contribution in [3.8, 4) is 11.5 Å². The van der Waals surface area contributed by atoms with Gasteiger partial charge in [0.15, 0.2) is 15.8 Å². The van der Waals surface area contributed by atoms with Crippen LogP contribution in [0.25, 0.3) is 0 Å². The molecule has 4 rings (SSSR count). The average molecular weight is 423 g/mol. The van der Waals surface area contributed by atoms with Crippen molar-refractivity contribution >= 4 is 34.1 Å². The smallest absolute Gasteiger partial charge is 0.233 e. The standard InChI is InChI=1S/C18H22N4O4S2/c1-11(16(23)19-8-12-4-5-14-15(7-12)26-10-25-14)27-18-22-21-17(28-18)20-9-13-3-2-6-24-13/h4-5,7,11,13H,2-3,6,8-10H2,1H3,(H,19,23)(H,20,21)/t11-,13-/m1/s1. The highest BCUT2D eigenvalue weighted by molar-refractivity contribution is 8.02. The number of nitrogens with zero attached hydrogens (tertiary/aromatic N) is 2. The molecule has 1 saturated heterocycles. The maximum Gasteiger partial charge on any atom is 0.233 e. The van der Waals surface area contributed by atoms with Gasteiger partial charge in [0.05, 0.1) is 11.4 Å². The molecule has 8 nitrogen and oxygen atoms in total. The summed E-state index contributed by atoms with van der Waals surface area (Å²) in [4.78, 5) is 12.4. The van der Waals surface area contributed by atoms with E-state index in [4.69, 9.17) is 14.2 Å². The van der Waals surface area contributed by atoms with Crippen molar-refractivity contribution in [1.29, 1.82) is 0 Å². The van der Waals surface area contributed by atoms with Crippen LogP contribution in [0.2, 0.25) is 0 Å². The molecule has 10 heteroatoms. The van der Waals surface area contributed by atoms with Crippen LogP contribution < -0.4 is 20.1 Å². The van der Waals surface area contributed by atoms with E-state index < -0.39 is 0 Å². The Balaban J connectivity index is 1.23. The number of hydrogen-bond acceptors (Lipinski definition) is 9. The number of fused-ring (bicyclic) bond motifs is 1. The van der Waals surface area contributed by atoms with Crippen LogP contribution in [-0.2, 0) is 16.1 Å². The highest BCUT2D eigenvalue weighted by Gasteiger charge is 2.19. The van der Waals surface area contributed by atoms with E-state index in [9.17, 15) is 4.79 Å². The Morgan fingerprint density at radius 3 is 3.11 bits per heavy atom. The minimum Gasteiger partial charge on any atom is -0.454 e. The molecule has 2 atom stereocenters. The van der Waals surface area contributed by atoms with Crippen molar-refractivity contribution in [3.63, 3.8) is 0 Å². The largest absolute Gasteiger partial charge is 0.454 e. The second-order valence-electron chi connectivity index (χ2n) is 6.55. The van der Waals surface area contributed by atoms with Gasteiger partial charge in [-0.1, -0.05) is 29.2 Å². The van der Waals surface area contributed by atoms with E-state index in [1.54, 1.807) is 0 Å². The predicted molar refractivity (Wildman–Crippen MR) is 107 cm³/mol. The van der Waals surface area contributed by atoms with Crippen LogP contribution >= 0.6 is 23.1 Å². The minimum absolute atomic E-state index is 0.0493. The molecule has 0 saturated carbocycles. The molecule has 0 radical (unpaired) electrons. The summed E-state index contributed by atoms with van der Waals surface area (Å²) in [5.41, 5.74) is 0.964. The molecule has 0 bridgehead atoms. The Labute approximate surface area is 171 Å². The summed E-state index contributed by atoms with van der Waals surface area (Å²) in [6, 6.07) is 5.66.